The van der Waals surface area contributed by atoms with Crippen LogP contribution < -0.4 is 10.1 Å². The van der Waals surface area contributed by atoms with Gasteiger partial charge in [-0.2, -0.15) is 0 Å². The monoisotopic (exact) mass is 276 g/mol. The van der Waals surface area contributed by atoms with E-state index in [1.54, 1.807) is 12.4 Å². The third-order valence-electron chi connectivity index (χ3n) is 2.66. The molecular formula is C15H17ClN2O. The van der Waals surface area contributed by atoms with Crippen molar-refractivity contribution in [2.24, 2.45) is 0 Å². The maximum Gasteiger partial charge on any atom is 0.119 e. The average Bonchev–Trinajstić information content (AvgIpc) is 2.46. The van der Waals surface area contributed by atoms with Gasteiger partial charge in [-0.05, 0) is 54.9 Å². The average molecular weight is 277 g/mol. The van der Waals surface area contributed by atoms with Gasteiger partial charge in [0.25, 0.3) is 0 Å². The number of benzene rings is 1. The SMILES string of the molecule is Clc1ccc(OCCCNCc2ccncc2)cc1. The minimum atomic E-state index is 0.699. The predicted octanol–water partition coefficient (Wildman–Crippen LogP) is 3.29. The summed E-state index contributed by atoms with van der Waals surface area (Å²) >= 11 is 5.80. The Hall–Kier alpha value is -1.58. The molecule has 0 atom stereocenters. The fourth-order valence-electron chi connectivity index (χ4n) is 1.65. The molecule has 2 rings (SSSR count). The van der Waals surface area contributed by atoms with E-state index in [9.17, 15) is 0 Å². The molecule has 0 aliphatic heterocycles. The first-order valence-electron chi connectivity index (χ1n) is 6.32. The van der Waals surface area contributed by atoms with Gasteiger partial charge in [0, 0.05) is 24.0 Å². The summed E-state index contributed by atoms with van der Waals surface area (Å²) < 4.78 is 5.60. The summed E-state index contributed by atoms with van der Waals surface area (Å²) in [5.41, 5.74) is 1.24. The van der Waals surface area contributed by atoms with Crippen LogP contribution in [0.3, 0.4) is 0 Å². The van der Waals surface area contributed by atoms with Gasteiger partial charge in [-0.15, -0.1) is 0 Å². The Bertz CT molecular complexity index is 473. The minimum absolute atomic E-state index is 0.699. The Kier molecular flexibility index (Phi) is 5.66. The Balaban J connectivity index is 1.56. The maximum atomic E-state index is 5.80. The van der Waals surface area contributed by atoms with Crippen LogP contribution in [-0.4, -0.2) is 18.1 Å². The van der Waals surface area contributed by atoms with E-state index < -0.39 is 0 Å². The second kappa shape index (κ2) is 7.77. The highest BCUT2D eigenvalue weighted by Gasteiger charge is 1.95. The van der Waals surface area contributed by atoms with Crippen molar-refractivity contribution in [2.75, 3.05) is 13.2 Å². The van der Waals surface area contributed by atoms with Crippen molar-refractivity contribution < 1.29 is 4.74 Å². The number of aromatic nitrogens is 1. The molecule has 1 heterocycles. The van der Waals surface area contributed by atoms with Gasteiger partial charge >= 0.3 is 0 Å². The summed E-state index contributed by atoms with van der Waals surface area (Å²) in [6, 6.07) is 11.4. The summed E-state index contributed by atoms with van der Waals surface area (Å²) in [5, 5.41) is 4.10. The smallest absolute Gasteiger partial charge is 0.119 e. The first-order valence-corrected chi connectivity index (χ1v) is 6.70. The molecule has 1 aromatic heterocycles. The van der Waals surface area contributed by atoms with Crippen LogP contribution >= 0.6 is 11.6 Å². The van der Waals surface area contributed by atoms with Crippen molar-refractivity contribution in [3.05, 3.63) is 59.4 Å². The molecule has 0 radical (unpaired) electrons. The first-order chi connectivity index (χ1) is 9.34. The van der Waals surface area contributed by atoms with Crippen molar-refractivity contribution in [1.29, 1.82) is 0 Å². The van der Waals surface area contributed by atoms with E-state index in [2.05, 4.69) is 10.3 Å². The molecule has 3 nitrogen and oxygen atoms in total. The maximum absolute atomic E-state index is 5.80. The number of pyridine rings is 1. The van der Waals surface area contributed by atoms with Gasteiger partial charge in [0.1, 0.15) is 5.75 Å². The third-order valence-corrected chi connectivity index (χ3v) is 2.91. The van der Waals surface area contributed by atoms with E-state index in [-0.39, 0.29) is 0 Å². The number of ether oxygens (including phenoxy) is 1. The van der Waals surface area contributed by atoms with Crippen LogP contribution in [0.2, 0.25) is 5.02 Å². The van der Waals surface area contributed by atoms with Crippen LogP contribution in [0.15, 0.2) is 48.8 Å². The van der Waals surface area contributed by atoms with Gasteiger partial charge in [0.15, 0.2) is 0 Å². The molecule has 19 heavy (non-hydrogen) atoms. The summed E-state index contributed by atoms with van der Waals surface area (Å²) in [7, 11) is 0. The second-order valence-electron chi connectivity index (χ2n) is 4.19. The molecule has 1 N–H and O–H groups in total. The number of nitrogens with one attached hydrogen (secondary N) is 1. The molecule has 0 aliphatic carbocycles. The molecular weight excluding hydrogens is 260 g/mol. The van der Waals surface area contributed by atoms with Crippen molar-refractivity contribution in [3.63, 3.8) is 0 Å². The molecule has 0 spiro atoms. The van der Waals surface area contributed by atoms with Crippen molar-refractivity contribution >= 4 is 11.6 Å². The van der Waals surface area contributed by atoms with E-state index in [1.165, 1.54) is 5.56 Å². The van der Waals surface area contributed by atoms with Crippen LogP contribution in [0.5, 0.6) is 5.75 Å². The topological polar surface area (TPSA) is 34.1 Å². The zero-order chi connectivity index (χ0) is 13.3. The zero-order valence-electron chi connectivity index (χ0n) is 10.7. The van der Waals surface area contributed by atoms with Crippen LogP contribution in [0.1, 0.15) is 12.0 Å². The molecule has 2 aromatic rings. The minimum Gasteiger partial charge on any atom is -0.494 e. The second-order valence-corrected chi connectivity index (χ2v) is 4.62. The number of nitrogens with zero attached hydrogens (tertiary/aromatic N) is 1. The Morgan fingerprint density at radius 1 is 1.05 bits per heavy atom. The van der Waals surface area contributed by atoms with Crippen LogP contribution in [0, 0.1) is 0 Å². The zero-order valence-corrected chi connectivity index (χ0v) is 11.4. The summed E-state index contributed by atoms with van der Waals surface area (Å²) in [6.45, 7) is 2.49. The van der Waals surface area contributed by atoms with E-state index in [1.807, 2.05) is 36.4 Å². The fraction of sp³-hybridized carbons (Fsp3) is 0.267. The lowest BCUT2D eigenvalue weighted by atomic mass is 10.2. The highest BCUT2D eigenvalue weighted by molar-refractivity contribution is 6.30. The molecule has 0 bridgehead atoms. The summed E-state index contributed by atoms with van der Waals surface area (Å²) in [4.78, 5) is 3.99. The Morgan fingerprint density at radius 2 is 1.79 bits per heavy atom. The lowest BCUT2D eigenvalue weighted by molar-refractivity contribution is 0.308. The highest BCUT2D eigenvalue weighted by atomic mass is 35.5. The van der Waals surface area contributed by atoms with Gasteiger partial charge in [-0.25, -0.2) is 0 Å². The molecule has 0 amide bonds. The molecule has 1 aromatic carbocycles. The van der Waals surface area contributed by atoms with Gasteiger partial charge in [0.2, 0.25) is 0 Å². The molecule has 0 aliphatic rings. The quantitative estimate of drug-likeness (QED) is 0.788. The fourth-order valence-corrected chi connectivity index (χ4v) is 1.78. The molecule has 0 fully saturated rings. The summed E-state index contributed by atoms with van der Waals surface area (Å²) in [5.74, 6) is 0.860. The molecule has 0 saturated carbocycles. The van der Waals surface area contributed by atoms with Crippen molar-refractivity contribution in [3.8, 4) is 5.75 Å². The van der Waals surface area contributed by atoms with Gasteiger partial charge in [0.05, 0.1) is 6.61 Å². The third kappa shape index (κ3) is 5.28. The Labute approximate surface area is 118 Å². The summed E-state index contributed by atoms with van der Waals surface area (Å²) in [6.07, 6.45) is 4.58. The molecule has 0 unspecified atom stereocenters. The number of rotatable bonds is 7. The van der Waals surface area contributed by atoms with Gasteiger partial charge < -0.3 is 10.1 Å². The predicted molar refractivity (Wildman–Crippen MR) is 77.5 cm³/mol. The largest absolute Gasteiger partial charge is 0.494 e. The highest BCUT2D eigenvalue weighted by Crippen LogP contribution is 2.15. The van der Waals surface area contributed by atoms with Crippen LogP contribution in [-0.2, 0) is 6.54 Å². The number of hydrogen-bond acceptors (Lipinski definition) is 3. The number of hydrogen-bond donors (Lipinski definition) is 1. The lowest BCUT2D eigenvalue weighted by Crippen LogP contribution is -2.17. The van der Waals surface area contributed by atoms with E-state index in [0.717, 1.165) is 30.3 Å². The van der Waals surface area contributed by atoms with Crippen molar-refractivity contribution in [2.45, 2.75) is 13.0 Å². The first kappa shape index (κ1) is 13.8. The normalized spacial score (nSPS) is 10.4. The molecule has 0 saturated heterocycles. The standard InChI is InChI=1S/C15H17ClN2O/c16-14-2-4-15(5-3-14)19-11-1-8-18-12-13-6-9-17-10-7-13/h2-7,9-10,18H,1,8,11-12H2. The van der Waals surface area contributed by atoms with Crippen LogP contribution in [0.25, 0.3) is 0 Å². The Morgan fingerprint density at radius 3 is 2.53 bits per heavy atom. The molecule has 4 heteroatoms. The van der Waals surface area contributed by atoms with E-state index in [0.29, 0.717) is 6.61 Å². The number of halogens is 1. The van der Waals surface area contributed by atoms with E-state index in [4.69, 9.17) is 16.3 Å². The van der Waals surface area contributed by atoms with Gasteiger partial charge in [-0.3, -0.25) is 4.98 Å². The van der Waals surface area contributed by atoms with Crippen molar-refractivity contribution in [1.82, 2.24) is 10.3 Å². The van der Waals surface area contributed by atoms with E-state index >= 15 is 0 Å². The molecule has 100 valence electrons. The van der Waals surface area contributed by atoms with Gasteiger partial charge in [-0.1, -0.05) is 11.6 Å². The lowest BCUT2D eigenvalue weighted by Gasteiger charge is -2.07. The van der Waals surface area contributed by atoms with Crippen LogP contribution in [0.4, 0.5) is 0 Å².